The Balaban J connectivity index is 2.85. The van der Waals surface area contributed by atoms with Crippen molar-refractivity contribution in [1.82, 2.24) is 0 Å². The molecule has 0 aliphatic heterocycles. The van der Waals surface area contributed by atoms with Gasteiger partial charge in [0.15, 0.2) is 0 Å². The molecule has 0 aromatic heterocycles. The average Bonchev–Trinajstić information content (AvgIpc) is 2.09. The lowest BCUT2D eigenvalue weighted by Gasteiger charge is -2.18. The van der Waals surface area contributed by atoms with E-state index in [-0.39, 0.29) is 12.5 Å². The predicted octanol–water partition coefficient (Wildman–Crippen LogP) is 3.34. The summed E-state index contributed by atoms with van der Waals surface area (Å²) < 4.78 is 1.04. The van der Waals surface area contributed by atoms with Crippen molar-refractivity contribution in [3.05, 3.63) is 27.7 Å². The van der Waals surface area contributed by atoms with Gasteiger partial charge in [-0.1, -0.05) is 15.9 Å². The van der Waals surface area contributed by atoms with Gasteiger partial charge in [0.1, 0.15) is 0 Å². The molecule has 16 heavy (non-hydrogen) atoms. The van der Waals surface area contributed by atoms with Gasteiger partial charge in [0.2, 0.25) is 0 Å². The molecule has 1 rings (SSSR count). The lowest BCUT2D eigenvalue weighted by atomic mass is 10.1. The van der Waals surface area contributed by atoms with Crippen LogP contribution in [0.25, 0.3) is 0 Å². The molecule has 1 atom stereocenters. The molecule has 3 nitrogen and oxygen atoms in total. The van der Waals surface area contributed by atoms with E-state index in [1.54, 1.807) is 0 Å². The minimum atomic E-state index is -0.785. The van der Waals surface area contributed by atoms with Crippen LogP contribution in [0.3, 0.4) is 0 Å². The maximum atomic E-state index is 10.6. The zero-order valence-corrected chi connectivity index (χ0v) is 11.3. The molecule has 1 aromatic rings. The van der Waals surface area contributed by atoms with Gasteiger partial charge < -0.3 is 10.4 Å². The third-order valence-electron chi connectivity index (χ3n) is 2.37. The van der Waals surface area contributed by atoms with Crippen LogP contribution in [-0.2, 0) is 4.79 Å². The standard InChI is InChI=1S/C12H16BrNO2/c1-7-4-10(13)5-8(2)12(7)14-9(3)6-11(15)16/h4-5,9,14H,6H2,1-3H3,(H,15,16). The molecule has 0 saturated heterocycles. The molecule has 88 valence electrons. The fourth-order valence-electron chi connectivity index (χ4n) is 1.70. The van der Waals surface area contributed by atoms with Crippen LogP contribution in [0.1, 0.15) is 24.5 Å². The van der Waals surface area contributed by atoms with E-state index in [4.69, 9.17) is 5.11 Å². The van der Waals surface area contributed by atoms with E-state index in [0.29, 0.717) is 0 Å². The van der Waals surface area contributed by atoms with Crippen LogP contribution < -0.4 is 5.32 Å². The summed E-state index contributed by atoms with van der Waals surface area (Å²) in [5, 5.41) is 11.9. The smallest absolute Gasteiger partial charge is 0.305 e. The second kappa shape index (κ2) is 5.34. The van der Waals surface area contributed by atoms with E-state index in [0.717, 1.165) is 21.3 Å². The summed E-state index contributed by atoms with van der Waals surface area (Å²) >= 11 is 3.43. The van der Waals surface area contributed by atoms with Crippen molar-refractivity contribution in [2.24, 2.45) is 0 Å². The topological polar surface area (TPSA) is 49.3 Å². The Labute approximate surface area is 104 Å². The first-order valence-corrected chi connectivity index (χ1v) is 5.94. The van der Waals surface area contributed by atoms with Gasteiger partial charge in [-0.25, -0.2) is 0 Å². The van der Waals surface area contributed by atoms with Crippen LogP contribution in [0.4, 0.5) is 5.69 Å². The van der Waals surface area contributed by atoms with Gasteiger partial charge >= 0.3 is 5.97 Å². The van der Waals surface area contributed by atoms with Gasteiger partial charge in [0, 0.05) is 16.2 Å². The van der Waals surface area contributed by atoms with Crippen molar-refractivity contribution >= 4 is 27.6 Å². The molecule has 0 fully saturated rings. The van der Waals surface area contributed by atoms with E-state index in [2.05, 4.69) is 21.2 Å². The molecular formula is C12H16BrNO2. The SMILES string of the molecule is Cc1cc(Br)cc(C)c1NC(C)CC(=O)O. The van der Waals surface area contributed by atoms with Crippen molar-refractivity contribution in [3.8, 4) is 0 Å². The van der Waals surface area contributed by atoms with Crippen LogP contribution in [0, 0.1) is 13.8 Å². The molecule has 0 amide bonds. The molecule has 0 bridgehead atoms. The van der Waals surface area contributed by atoms with Gasteiger partial charge in [0.05, 0.1) is 6.42 Å². The Morgan fingerprint density at radius 2 is 1.94 bits per heavy atom. The Morgan fingerprint density at radius 1 is 1.44 bits per heavy atom. The molecule has 0 heterocycles. The van der Waals surface area contributed by atoms with Gasteiger partial charge in [-0.15, -0.1) is 0 Å². The fourth-order valence-corrected chi connectivity index (χ4v) is 2.38. The van der Waals surface area contributed by atoms with Gasteiger partial charge in [-0.05, 0) is 44.0 Å². The van der Waals surface area contributed by atoms with E-state index in [1.807, 2.05) is 32.9 Å². The molecule has 0 radical (unpaired) electrons. The normalized spacial score (nSPS) is 12.2. The Morgan fingerprint density at radius 3 is 2.38 bits per heavy atom. The number of carboxylic acid groups (broad SMARTS) is 1. The van der Waals surface area contributed by atoms with Crippen LogP contribution >= 0.6 is 15.9 Å². The van der Waals surface area contributed by atoms with E-state index < -0.39 is 5.97 Å². The van der Waals surface area contributed by atoms with Crippen LogP contribution in [0.2, 0.25) is 0 Å². The number of nitrogens with one attached hydrogen (secondary N) is 1. The number of hydrogen-bond acceptors (Lipinski definition) is 2. The zero-order chi connectivity index (χ0) is 12.3. The summed E-state index contributed by atoms with van der Waals surface area (Å²) in [5.74, 6) is -0.785. The summed E-state index contributed by atoms with van der Waals surface area (Å²) in [5.41, 5.74) is 3.25. The second-order valence-electron chi connectivity index (χ2n) is 4.06. The summed E-state index contributed by atoms with van der Waals surface area (Å²) in [6.45, 7) is 5.89. The number of hydrogen-bond donors (Lipinski definition) is 2. The third kappa shape index (κ3) is 3.52. The third-order valence-corrected chi connectivity index (χ3v) is 2.83. The van der Waals surface area contributed by atoms with Crippen molar-refractivity contribution in [2.45, 2.75) is 33.2 Å². The molecule has 1 unspecified atom stereocenters. The van der Waals surface area contributed by atoms with Crippen molar-refractivity contribution in [3.63, 3.8) is 0 Å². The molecule has 0 aliphatic rings. The maximum absolute atomic E-state index is 10.6. The van der Waals surface area contributed by atoms with Crippen LogP contribution in [0.15, 0.2) is 16.6 Å². The molecule has 2 N–H and O–H groups in total. The van der Waals surface area contributed by atoms with Crippen LogP contribution in [0.5, 0.6) is 0 Å². The quantitative estimate of drug-likeness (QED) is 0.892. The van der Waals surface area contributed by atoms with Crippen molar-refractivity contribution in [1.29, 1.82) is 0 Å². The number of anilines is 1. The number of aliphatic carboxylic acids is 1. The van der Waals surface area contributed by atoms with Gasteiger partial charge in [-0.2, -0.15) is 0 Å². The second-order valence-corrected chi connectivity index (χ2v) is 4.97. The zero-order valence-electron chi connectivity index (χ0n) is 9.67. The predicted molar refractivity (Wildman–Crippen MR) is 69.0 cm³/mol. The maximum Gasteiger partial charge on any atom is 0.305 e. The molecule has 0 spiro atoms. The van der Waals surface area contributed by atoms with E-state index in [9.17, 15) is 4.79 Å². The average molecular weight is 286 g/mol. The number of halogens is 1. The van der Waals surface area contributed by atoms with Crippen molar-refractivity contribution in [2.75, 3.05) is 5.32 Å². The minimum absolute atomic E-state index is 0.0731. The lowest BCUT2D eigenvalue weighted by Crippen LogP contribution is -2.20. The first-order chi connectivity index (χ1) is 7.40. The van der Waals surface area contributed by atoms with E-state index in [1.165, 1.54) is 0 Å². The molecular weight excluding hydrogens is 270 g/mol. The summed E-state index contributed by atoms with van der Waals surface area (Å²) in [4.78, 5) is 10.6. The highest BCUT2D eigenvalue weighted by molar-refractivity contribution is 9.10. The highest BCUT2D eigenvalue weighted by Crippen LogP contribution is 2.25. The highest BCUT2D eigenvalue weighted by Gasteiger charge is 2.10. The molecule has 1 aromatic carbocycles. The minimum Gasteiger partial charge on any atom is -0.481 e. The number of carboxylic acids is 1. The molecule has 4 heteroatoms. The number of rotatable bonds is 4. The molecule has 0 aliphatic carbocycles. The Kier molecular flexibility index (Phi) is 4.35. The molecule has 0 saturated carbocycles. The van der Waals surface area contributed by atoms with Crippen molar-refractivity contribution < 1.29 is 9.90 Å². The largest absolute Gasteiger partial charge is 0.481 e. The summed E-state index contributed by atoms with van der Waals surface area (Å²) in [6, 6.07) is 3.96. The number of aryl methyl sites for hydroxylation is 2. The fraction of sp³-hybridized carbons (Fsp3) is 0.417. The lowest BCUT2D eigenvalue weighted by molar-refractivity contribution is -0.137. The first kappa shape index (κ1) is 13.0. The number of benzene rings is 1. The summed E-state index contributed by atoms with van der Waals surface area (Å²) in [6.07, 6.45) is 0.120. The Hall–Kier alpha value is -1.03. The van der Waals surface area contributed by atoms with Crippen LogP contribution in [-0.4, -0.2) is 17.1 Å². The van der Waals surface area contributed by atoms with E-state index >= 15 is 0 Å². The number of carbonyl (C=O) groups is 1. The first-order valence-electron chi connectivity index (χ1n) is 5.15. The highest BCUT2D eigenvalue weighted by atomic mass is 79.9. The Bertz CT molecular complexity index is 381. The van der Waals surface area contributed by atoms with Gasteiger partial charge in [0.25, 0.3) is 0 Å². The summed E-state index contributed by atoms with van der Waals surface area (Å²) in [7, 11) is 0. The monoisotopic (exact) mass is 285 g/mol. The van der Waals surface area contributed by atoms with Gasteiger partial charge in [-0.3, -0.25) is 4.79 Å².